The molecule has 1 heterocycles. The van der Waals surface area contributed by atoms with E-state index in [0.717, 1.165) is 0 Å². The molecule has 2 aromatic carbocycles. The second-order valence-corrected chi connectivity index (χ2v) is 5.84. The molecule has 0 saturated heterocycles. The van der Waals surface area contributed by atoms with Crippen LogP contribution in [0.1, 0.15) is 18.1 Å². The predicted molar refractivity (Wildman–Crippen MR) is 81.0 cm³/mol. The number of benzene rings is 2. The summed E-state index contributed by atoms with van der Waals surface area (Å²) in [5.41, 5.74) is -11.9. The molecule has 0 bridgehead atoms. The molecule has 1 N–H and O–H groups in total. The third-order valence-corrected chi connectivity index (χ3v) is 3.97. The lowest BCUT2D eigenvalue weighted by Crippen LogP contribution is -2.17. The highest BCUT2D eigenvalue weighted by atomic mass is 19.4. The van der Waals surface area contributed by atoms with Gasteiger partial charge >= 0.3 is 12.4 Å². The van der Waals surface area contributed by atoms with E-state index in [4.69, 9.17) is 0 Å². The normalized spacial score (nSPS) is 12.8. The molecule has 0 aliphatic carbocycles. The molecule has 1 aromatic heterocycles. The van der Waals surface area contributed by atoms with E-state index < -0.39 is 80.3 Å². The number of halogens is 11. The van der Waals surface area contributed by atoms with Crippen molar-refractivity contribution >= 4 is 27.8 Å². The van der Waals surface area contributed by atoms with Crippen LogP contribution < -0.4 is 5.32 Å². The van der Waals surface area contributed by atoms with Crippen LogP contribution in [0.5, 0.6) is 0 Å². The highest BCUT2D eigenvalue weighted by Crippen LogP contribution is 2.43. The summed E-state index contributed by atoms with van der Waals surface area (Å²) in [6.45, 7) is 0.929. The molecule has 0 atom stereocenters. The fraction of sp³-hybridized carbons (Fsp3) is 0.250. The molecule has 14 heteroatoms. The molecule has 0 unspecified atom stereocenters. The van der Waals surface area contributed by atoms with E-state index in [9.17, 15) is 48.3 Å². The minimum Gasteiger partial charge on any atom is -0.383 e. The lowest BCUT2D eigenvalue weighted by molar-refractivity contribution is -0.142. The molecule has 0 saturated carbocycles. The number of rotatable bonds is 2. The third-order valence-electron chi connectivity index (χ3n) is 3.97. The standard InChI is InChI=1S/C16H6F11N3/c1-2-28-10-4(16(25,26)27)6(18)9(21)13-14(10)30-12-8(20)5(17)3(15(22,23)24)7(19)11(12)29-13/h28H,2H2,1H3. The fourth-order valence-corrected chi connectivity index (χ4v) is 2.80. The summed E-state index contributed by atoms with van der Waals surface area (Å²) in [6, 6.07) is 0. The van der Waals surface area contributed by atoms with Gasteiger partial charge in [-0.3, -0.25) is 0 Å². The van der Waals surface area contributed by atoms with Gasteiger partial charge in [0.2, 0.25) is 0 Å². The monoisotopic (exact) mass is 449 g/mol. The Hall–Kier alpha value is -2.93. The van der Waals surface area contributed by atoms with Crippen LogP contribution >= 0.6 is 0 Å². The Labute approximate surface area is 158 Å². The van der Waals surface area contributed by atoms with E-state index in [1.54, 1.807) is 0 Å². The predicted octanol–water partition coefficient (Wildman–Crippen LogP) is 5.95. The maximum absolute atomic E-state index is 14.3. The van der Waals surface area contributed by atoms with Gasteiger partial charge in [-0.25, -0.2) is 31.9 Å². The van der Waals surface area contributed by atoms with Crippen molar-refractivity contribution in [2.24, 2.45) is 0 Å². The van der Waals surface area contributed by atoms with Crippen molar-refractivity contribution < 1.29 is 48.3 Å². The minimum absolute atomic E-state index is 0.318. The zero-order chi connectivity index (χ0) is 22.8. The topological polar surface area (TPSA) is 37.8 Å². The summed E-state index contributed by atoms with van der Waals surface area (Å²) < 4.78 is 149. The molecule has 3 rings (SSSR count). The molecule has 0 amide bonds. The molecule has 0 fully saturated rings. The van der Waals surface area contributed by atoms with Crippen molar-refractivity contribution in [1.29, 1.82) is 0 Å². The smallest absolute Gasteiger partial charge is 0.383 e. The van der Waals surface area contributed by atoms with Gasteiger partial charge in [-0.1, -0.05) is 0 Å². The number of aromatic nitrogens is 2. The van der Waals surface area contributed by atoms with Crippen LogP contribution in [0.2, 0.25) is 0 Å². The highest BCUT2D eigenvalue weighted by Gasteiger charge is 2.43. The molecular formula is C16H6F11N3. The average Bonchev–Trinajstić information content (AvgIpc) is 2.61. The van der Waals surface area contributed by atoms with E-state index >= 15 is 0 Å². The van der Waals surface area contributed by atoms with Gasteiger partial charge in [-0.2, -0.15) is 26.3 Å². The van der Waals surface area contributed by atoms with E-state index in [1.165, 1.54) is 6.92 Å². The van der Waals surface area contributed by atoms with Gasteiger partial charge in [-0.05, 0) is 6.92 Å². The number of anilines is 1. The van der Waals surface area contributed by atoms with Crippen molar-refractivity contribution in [3.8, 4) is 0 Å². The zero-order valence-electron chi connectivity index (χ0n) is 14.3. The third kappa shape index (κ3) is 3.13. The molecule has 0 radical (unpaired) electrons. The zero-order valence-corrected chi connectivity index (χ0v) is 14.3. The summed E-state index contributed by atoms with van der Waals surface area (Å²) in [5, 5.41) is 2.02. The van der Waals surface area contributed by atoms with Crippen LogP contribution in [0.15, 0.2) is 0 Å². The Morgan fingerprint density at radius 1 is 0.600 bits per heavy atom. The summed E-state index contributed by atoms with van der Waals surface area (Å²) in [6.07, 6.45) is -11.2. The van der Waals surface area contributed by atoms with Gasteiger partial charge in [0.25, 0.3) is 0 Å². The van der Waals surface area contributed by atoms with Gasteiger partial charge in [-0.15, -0.1) is 0 Å². The quantitative estimate of drug-likeness (QED) is 0.299. The Kier molecular flexibility index (Phi) is 4.94. The Bertz CT molecular complexity index is 1180. The fourth-order valence-electron chi connectivity index (χ4n) is 2.80. The van der Waals surface area contributed by atoms with Crippen molar-refractivity contribution in [3.63, 3.8) is 0 Å². The Balaban J connectivity index is 2.61. The molecule has 3 nitrogen and oxygen atoms in total. The van der Waals surface area contributed by atoms with Gasteiger partial charge in [0.1, 0.15) is 33.2 Å². The first kappa shape index (κ1) is 21.8. The number of hydrogen-bond acceptors (Lipinski definition) is 3. The number of hydrogen-bond donors (Lipinski definition) is 1. The first-order chi connectivity index (χ1) is 13.7. The molecular weight excluding hydrogens is 443 g/mol. The highest BCUT2D eigenvalue weighted by molar-refractivity contribution is 5.96. The van der Waals surface area contributed by atoms with Gasteiger partial charge in [0.05, 0.1) is 5.69 Å². The van der Waals surface area contributed by atoms with E-state index in [0.29, 0.717) is 0 Å². The minimum atomic E-state index is -5.74. The summed E-state index contributed by atoms with van der Waals surface area (Å²) in [5.74, 6) is -12.4. The van der Waals surface area contributed by atoms with Crippen LogP contribution in [0, 0.1) is 29.1 Å². The van der Waals surface area contributed by atoms with Crippen molar-refractivity contribution in [2.75, 3.05) is 11.9 Å². The van der Waals surface area contributed by atoms with Crippen LogP contribution in [0.25, 0.3) is 22.1 Å². The van der Waals surface area contributed by atoms with Crippen molar-refractivity contribution in [2.45, 2.75) is 19.3 Å². The second kappa shape index (κ2) is 6.80. The van der Waals surface area contributed by atoms with Gasteiger partial charge in [0, 0.05) is 6.54 Å². The first-order valence-corrected chi connectivity index (χ1v) is 7.78. The molecule has 0 spiro atoms. The number of nitrogens with zero attached hydrogens (tertiary/aromatic N) is 2. The van der Waals surface area contributed by atoms with Crippen LogP contribution in [-0.2, 0) is 12.4 Å². The molecule has 30 heavy (non-hydrogen) atoms. The van der Waals surface area contributed by atoms with Gasteiger partial charge in [0.15, 0.2) is 29.1 Å². The van der Waals surface area contributed by atoms with Crippen molar-refractivity contribution in [3.05, 3.63) is 40.2 Å². The lowest BCUT2D eigenvalue weighted by Gasteiger charge is -2.18. The Morgan fingerprint density at radius 3 is 1.47 bits per heavy atom. The number of fused-ring (bicyclic) bond motifs is 2. The molecule has 3 aromatic rings. The SMILES string of the molecule is CCNc1c(C(F)(F)F)c(F)c(F)c2nc3c(F)c(C(F)(F)F)c(F)c(F)c3nc12. The van der Waals surface area contributed by atoms with E-state index in [1.807, 2.05) is 5.32 Å². The van der Waals surface area contributed by atoms with Crippen molar-refractivity contribution in [1.82, 2.24) is 9.97 Å². The summed E-state index contributed by atoms with van der Waals surface area (Å²) >= 11 is 0. The lowest BCUT2D eigenvalue weighted by atomic mass is 10.1. The molecule has 0 aliphatic heterocycles. The average molecular weight is 449 g/mol. The van der Waals surface area contributed by atoms with Crippen LogP contribution in [0.3, 0.4) is 0 Å². The molecule has 0 aliphatic rings. The van der Waals surface area contributed by atoms with E-state index in [-0.39, 0.29) is 6.54 Å². The van der Waals surface area contributed by atoms with E-state index in [2.05, 4.69) is 9.97 Å². The maximum Gasteiger partial charge on any atom is 0.422 e. The number of alkyl halides is 6. The van der Waals surface area contributed by atoms with Crippen LogP contribution in [0.4, 0.5) is 54.0 Å². The Morgan fingerprint density at radius 2 is 1.00 bits per heavy atom. The van der Waals surface area contributed by atoms with Gasteiger partial charge < -0.3 is 5.32 Å². The second-order valence-electron chi connectivity index (χ2n) is 5.84. The summed E-state index contributed by atoms with van der Waals surface area (Å²) in [7, 11) is 0. The number of nitrogens with one attached hydrogen (secondary N) is 1. The summed E-state index contributed by atoms with van der Waals surface area (Å²) in [4.78, 5) is 6.18. The first-order valence-electron chi connectivity index (χ1n) is 7.78. The largest absolute Gasteiger partial charge is 0.422 e. The van der Waals surface area contributed by atoms with Crippen LogP contribution in [-0.4, -0.2) is 16.5 Å². The maximum atomic E-state index is 14.3. The molecule has 162 valence electrons.